The molecule has 0 aromatic heterocycles. The minimum Gasteiger partial charge on any atom is -0.319 e. The van der Waals surface area contributed by atoms with Gasteiger partial charge in [-0.3, -0.25) is 4.90 Å². The first-order valence-corrected chi connectivity index (χ1v) is 8.00. The summed E-state index contributed by atoms with van der Waals surface area (Å²) in [4.78, 5) is 16.8. The zero-order valence-corrected chi connectivity index (χ0v) is 12.8. The molecule has 1 saturated carbocycles. The number of benzene rings is 1. The Morgan fingerprint density at radius 3 is 2.43 bits per heavy atom. The van der Waals surface area contributed by atoms with Crippen molar-refractivity contribution in [3.63, 3.8) is 0 Å². The molecule has 1 atom stereocenters. The predicted octanol–water partition coefficient (Wildman–Crippen LogP) is 4.12. The van der Waals surface area contributed by atoms with Crippen molar-refractivity contribution in [2.75, 3.05) is 11.4 Å². The molecule has 1 aliphatic heterocycles. The minimum absolute atomic E-state index is 0.0853. The maximum absolute atomic E-state index is 12.9. The van der Waals surface area contributed by atoms with Gasteiger partial charge in [-0.1, -0.05) is 43.0 Å². The smallest absolute Gasteiger partial charge is 0.319 e. The van der Waals surface area contributed by atoms with Crippen LogP contribution in [0.1, 0.15) is 37.7 Å². The average Bonchev–Trinajstić information content (AvgIpc) is 2.86. The highest BCUT2D eigenvalue weighted by molar-refractivity contribution is 5.95. The lowest BCUT2D eigenvalue weighted by Crippen LogP contribution is -2.40. The van der Waals surface area contributed by atoms with Gasteiger partial charge in [0.05, 0.1) is 6.04 Å². The number of nitrogens with zero attached hydrogens (tertiary/aromatic N) is 2. The Kier molecular flexibility index (Phi) is 4.00. The number of amides is 2. The fraction of sp³-hybridized carbons (Fsp3) is 0.500. The second-order valence-electron chi connectivity index (χ2n) is 6.24. The van der Waals surface area contributed by atoms with E-state index < -0.39 is 0 Å². The fourth-order valence-corrected chi connectivity index (χ4v) is 3.53. The molecule has 2 aliphatic rings. The highest BCUT2D eigenvalue weighted by atomic mass is 16.2. The van der Waals surface area contributed by atoms with E-state index in [0.29, 0.717) is 6.04 Å². The van der Waals surface area contributed by atoms with E-state index in [2.05, 4.69) is 30.5 Å². The number of hydrogen-bond acceptors (Lipinski definition) is 1. The van der Waals surface area contributed by atoms with Crippen LogP contribution in [0.4, 0.5) is 10.5 Å². The molecule has 0 bridgehead atoms. The Bertz CT molecular complexity index is 517. The topological polar surface area (TPSA) is 23.6 Å². The van der Waals surface area contributed by atoms with Gasteiger partial charge in [0, 0.05) is 18.3 Å². The van der Waals surface area contributed by atoms with Gasteiger partial charge in [-0.15, -0.1) is 6.58 Å². The molecule has 1 saturated heterocycles. The molecule has 1 unspecified atom stereocenters. The number of carbonyl (C=O) groups is 1. The number of aryl methyl sites for hydroxylation is 1. The van der Waals surface area contributed by atoms with Crippen LogP contribution < -0.4 is 4.90 Å². The molecule has 3 nitrogen and oxygen atoms in total. The Balaban J connectivity index is 1.84. The third-order valence-electron chi connectivity index (χ3n) is 4.77. The molecule has 0 radical (unpaired) electrons. The van der Waals surface area contributed by atoms with Crippen molar-refractivity contribution in [3.8, 4) is 0 Å². The summed E-state index contributed by atoms with van der Waals surface area (Å²) >= 11 is 0. The summed E-state index contributed by atoms with van der Waals surface area (Å²) in [6.07, 6.45) is 8.01. The van der Waals surface area contributed by atoms with Gasteiger partial charge in [-0.25, -0.2) is 4.79 Å². The van der Waals surface area contributed by atoms with Gasteiger partial charge in [-0.05, 0) is 31.9 Å². The summed E-state index contributed by atoms with van der Waals surface area (Å²) in [5, 5.41) is 0. The van der Waals surface area contributed by atoms with Crippen LogP contribution in [0.2, 0.25) is 0 Å². The quantitative estimate of drug-likeness (QED) is 0.766. The fourth-order valence-electron chi connectivity index (χ4n) is 3.53. The zero-order valence-electron chi connectivity index (χ0n) is 12.8. The van der Waals surface area contributed by atoms with E-state index in [0.717, 1.165) is 25.1 Å². The maximum atomic E-state index is 12.9. The van der Waals surface area contributed by atoms with Crippen LogP contribution in [0.5, 0.6) is 0 Å². The first kappa shape index (κ1) is 14.2. The van der Waals surface area contributed by atoms with Gasteiger partial charge < -0.3 is 4.90 Å². The third-order valence-corrected chi connectivity index (χ3v) is 4.77. The van der Waals surface area contributed by atoms with E-state index in [1.54, 1.807) is 0 Å². The average molecular weight is 284 g/mol. The van der Waals surface area contributed by atoms with Gasteiger partial charge >= 0.3 is 6.03 Å². The maximum Gasteiger partial charge on any atom is 0.325 e. The molecular formula is C18H24N2O. The van der Waals surface area contributed by atoms with Crippen molar-refractivity contribution in [2.24, 2.45) is 0 Å². The molecular weight excluding hydrogens is 260 g/mol. The molecule has 21 heavy (non-hydrogen) atoms. The number of hydrogen-bond donors (Lipinski definition) is 0. The zero-order chi connectivity index (χ0) is 14.8. The molecule has 112 valence electrons. The van der Waals surface area contributed by atoms with Crippen LogP contribution in [-0.4, -0.2) is 29.6 Å². The lowest BCUT2D eigenvalue weighted by Gasteiger charge is -2.30. The summed E-state index contributed by atoms with van der Waals surface area (Å²) in [6, 6.07) is 8.85. The van der Waals surface area contributed by atoms with Gasteiger partial charge in [0.2, 0.25) is 0 Å². The molecule has 1 heterocycles. The van der Waals surface area contributed by atoms with Crippen molar-refractivity contribution >= 4 is 11.7 Å². The summed E-state index contributed by atoms with van der Waals surface area (Å²) in [7, 11) is 0. The first-order valence-electron chi connectivity index (χ1n) is 8.00. The molecule has 1 aromatic rings. The van der Waals surface area contributed by atoms with Crippen LogP contribution in [0.25, 0.3) is 0 Å². The van der Waals surface area contributed by atoms with Gasteiger partial charge in [0.25, 0.3) is 0 Å². The normalized spacial score (nSPS) is 23.7. The van der Waals surface area contributed by atoms with Crippen molar-refractivity contribution < 1.29 is 4.79 Å². The minimum atomic E-state index is 0.0853. The molecule has 3 heteroatoms. The van der Waals surface area contributed by atoms with Crippen molar-refractivity contribution in [3.05, 3.63) is 42.5 Å². The predicted molar refractivity (Wildman–Crippen MR) is 86.6 cm³/mol. The second-order valence-corrected chi connectivity index (χ2v) is 6.24. The molecule has 0 N–H and O–H groups in total. The van der Waals surface area contributed by atoms with Crippen LogP contribution in [-0.2, 0) is 0 Å². The van der Waals surface area contributed by atoms with Crippen LogP contribution >= 0.6 is 0 Å². The lowest BCUT2D eigenvalue weighted by molar-refractivity contribution is 0.181. The number of carbonyl (C=O) groups excluding carboxylic acids is 1. The molecule has 2 fully saturated rings. The Hall–Kier alpha value is -1.77. The van der Waals surface area contributed by atoms with Crippen molar-refractivity contribution in [1.82, 2.24) is 4.90 Å². The van der Waals surface area contributed by atoms with E-state index in [1.165, 1.54) is 24.8 Å². The standard InChI is InChI=1S/C18H24N2O/c1-3-15-13-19(16-7-5-4-6-8-16)18(21)20(15)17-11-9-14(2)10-12-17/h3,9-12,15-16H,1,4-8,13H2,2H3. The molecule has 0 spiro atoms. The SMILES string of the molecule is C=CC1CN(C2CCCCC2)C(=O)N1c1ccc(C)cc1. The highest BCUT2D eigenvalue weighted by Crippen LogP contribution is 2.31. The van der Waals surface area contributed by atoms with Gasteiger partial charge in [0.15, 0.2) is 0 Å². The first-order chi connectivity index (χ1) is 10.2. The summed E-state index contributed by atoms with van der Waals surface area (Å²) in [5.41, 5.74) is 2.19. The second kappa shape index (κ2) is 5.92. The van der Waals surface area contributed by atoms with Crippen molar-refractivity contribution in [2.45, 2.75) is 51.1 Å². The molecule has 1 aliphatic carbocycles. The van der Waals surface area contributed by atoms with E-state index in [9.17, 15) is 4.79 Å². The van der Waals surface area contributed by atoms with Crippen LogP contribution in [0.15, 0.2) is 36.9 Å². The Labute approximate surface area is 127 Å². The summed E-state index contributed by atoms with van der Waals surface area (Å²) in [5.74, 6) is 0. The number of rotatable bonds is 3. The van der Waals surface area contributed by atoms with E-state index in [1.807, 2.05) is 23.1 Å². The van der Waals surface area contributed by atoms with Crippen LogP contribution in [0.3, 0.4) is 0 Å². The largest absolute Gasteiger partial charge is 0.325 e. The van der Waals surface area contributed by atoms with E-state index in [4.69, 9.17) is 0 Å². The monoisotopic (exact) mass is 284 g/mol. The summed E-state index contributed by atoms with van der Waals surface area (Å²) in [6.45, 7) is 6.77. The molecule has 1 aromatic carbocycles. The Morgan fingerprint density at radius 1 is 1.14 bits per heavy atom. The highest BCUT2D eigenvalue weighted by Gasteiger charge is 2.40. The van der Waals surface area contributed by atoms with Crippen LogP contribution in [0, 0.1) is 6.92 Å². The number of anilines is 1. The lowest BCUT2D eigenvalue weighted by atomic mass is 9.94. The van der Waals surface area contributed by atoms with Gasteiger partial charge in [-0.2, -0.15) is 0 Å². The molecule has 3 rings (SSSR count). The third kappa shape index (κ3) is 2.69. The molecule has 2 amide bonds. The van der Waals surface area contributed by atoms with Gasteiger partial charge in [0.1, 0.15) is 0 Å². The van der Waals surface area contributed by atoms with E-state index in [-0.39, 0.29) is 12.1 Å². The van der Waals surface area contributed by atoms with E-state index >= 15 is 0 Å². The Morgan fingerprint density at radius 2 is 1.81 bits per heavy atom. The summed E-state index contributed by atoms with van der Waals surface area (Å²) < 4.78 is 0. The number of urea groups is 1. The van der Waals surface area contributed by atoms with Crippen molar-refractivity contribution in [1.29, 1.82) is 0 Å².